The van der Waals surface area contributed by atoms with Gasteiger partial charge in [0.2, 0.25) is 29.5 Å². The van der Waals surface area contributed by atoms with E-state index in [4.69, 9.17) is 57.6 Å². The molecule has 3 rings (SSSR count). The first kappa shape index (κ1) is 85.8. The van der Waals surface area contributed by atoms with Crippen molar-refractivity contribution in [3.8, 4) is 5.75 Å². The van der Waals surface area contributed by atoms with Crippen molar-refractivity contribution in [3.05, 3.63) is 39.8 Å². The standard InChI is InChI=1S/C67H108N10O22/c1-9-55-62(96-48(7)80)44(3)60(75-46(5)78)66(98-55)94-30-13-11-19-57(84)69-24-15-17-52(82)21-26-72-64(87)50-41-51(43-54(42-50)93-34-28-71-59(86)23-32-89-35-37-91-39-40-92-38-36-90-33-29-74-77-68)65(88)73-27-22-53(83)18-16-25-70-58(85)20-12-14-31-95-67-61(76-47(6)79)45(4)63(97-49(8)81)56(10-2)99-67/h41-45,55-56,60-63,66-67H,9-40H2,1-8H3,(H,69,84)(H,70,85)(H,71,86)(H,72,87)(H,73,88)(H,75,78)(H,76,79). The molecule has 2 heterocycles. The Morgan fingerprint density at radius 2 is 0.879 bits per heavy atom. The number of esters is 2. The van der Waals surface area contributed by atoms with Crippen LogP contribution in [-0.2, 0) is 90.5 Å². The molecule has 0 radical (unpaired) electrons. The molecule has 0 spiro atoms. The number of benzene rings is 1. The van der Waals surface area contributed by atoms with Crippen molar-refractivity contribution in [1.82, 2.24) is 37.2 Å². The van der Waals surface area contributed by atoms with Gasteiger partial charge in [-0.2, -0.15) is 0 Å². The van der Waals surface area contributed by atoms with Crippen LogP contribution in [0.2, 0.25) is 0 Å². The lowest BCUT2D eigenvalue weighted by Crippen LogP contribution is -2.61. The Hall–Kier alpha value is -7.42. The van der Waals surface area contributed by atoms with Crippen molar-refractivity contribution in [2.45, 2.75) is 201 Å². The number of nitrogens with zero attached hydrogens (tertiary/aromatic N) is 3. The summed E-state index contributed by atoms with van der Waals surface area (Å²) in [6.45, 7) is 16.7. The average molecular weight is 1410 g/mol. The fourth-order valence-electron chi connectivity index (χ4n) is 10.7. The average Bonchev–Trinajstić information content (AvgIpc) is 0.812. The third-order valence-corrected chi connectivity index (χ3v) is 15.8. The highest BCUT2D eigenvalue weighted by molar-refractivity contribution is 6.00. The van der Waals surface area contributed by atoms with E-state index in [2.05, 4.69) is 47.2 Å². The van der Waals surface area contributed by atoms with Crippen molar-refractivity contribution in [1.29, 1.82) is 0 Å². The number of carbonyl (C=O) groups excluding carboxylic acids is 11. The van der Waals surface area contributed by atoms with E-state index in [0.717, 1.165) is 0 Å². The molecule has 2 aliphatic heterocycles. The Labute approximate surface area is 580 Å². The second-order valence-electron chi connectivity index (χ2n) is 24.0. The number of azide groups is 1. The van der Waals surface area contributed by atoms with Gasteiger partial charge >= 0.3 is 11.9 Å². The van der Waals surface area contributed by atoms with E-state index in [-0.39, 0.29) is 187 Å². The molecule has 1 aromatic rings. The molecule has 2 fully saturated rings. The molecule has 0 aromatic heterocycles. The molecular weight excluding hydrogens is 1300 g/mol. The summed E-state index contributed by atoms with van der Waals surface area (Å²) in [4.78, 5) is 141. The molecule has 0 bridgehead atoms. The van der Waals surface area contributed by atoms with Crippen LogP contribution in [0.4, 0.5) is 0 Å². The molecule has 7 N–H and O–H groups in total. The summed E-state index contributed by atoms with van der Waals surface area (Å²) < 4.78 is 62.8. The molecule has 1 aromatic carbocycles. The van der Waals surface area contributed by atoms with Gasteiger partial charge in [0.15, 0.2) is 12.6 Å². The summed E-state index contributed by atoms with van der Waals surface area (Å²) in [5.41, 5.74) is 8.35. The van der Waals surface area contributed by atoms with Crippen LogP contribution in [-0.4, -0.2) is 226 Å². The fraction of sp³-hybridized carbons (Fsp3) is 0.746. The van der Waals surface area contributed by atoms with Gasteiger partial charge in [0.25, 0.3) is 11.8 Å². The van der Waals surface area contributed by atoms with Gasteiger partial charge in [0.05, 0.1) is 83.7 Å². The molecule has 10 unspecified atom stereocenters. The van der Waals surface area contributed by atoms with Crippen molar-refractivity contribution < 1.29 is 105 Å². The minimum atomic E-state index is -0.774. The Bertz CT molecular complexity index is 2580. The van der Waals surface area contributed by atoms with Gasteiger partial charge < -0.3 is 89.3 Å². The maximum Gasteiger partial charge on any atom is 0.303 e. The normalized spacial score (nSPS) is 20.2. The molecule has 558 valence electrons. The summed E-state index contributed by atoms with van der Waals surface area (Å²) in [6.07, 6.45) is 1.17. The maximum atomic E-state index is 13.5. The van der Waals surface area contributed by atoms with Gasteiger partial charge in [-0.05, 0) is 75.1 Å². The van der Waals surface area contributed by atoms with Crippen LogP contribution in [0.1, 0.15) is 172 Å². The first-order valence-electron chi connectivity index (χ1n) is 34.5. The number of unbranched alkanes of at least 4 members (excludes halogenated alkanes) is 2. The molecule has 2 saturated heterocycles. The first-order chi connectivity index (χ1) is 47.6. The first-order valence-corrected chi connectivity index (χ1v) is 34.5. The van der Waals surface area contributed by atoms with Crippen molar-refractivity contribution >= 4 is 64.9 Å². The van der Waals surface area contributed by atoms with E-state index in [1.807, 2.05) is 27.7 Å². The second-order valence-corrected chi connectivity index (χ2v) is 24.0. The zero-order chi connectivity index (χ0) is 72.7. The monoisotopic (exact) mass is 1400 g/mol. The van der Waals surface area contributed by atoms with Crippen molar-refractivity contribution in [3.63, 3.8) is 0 Å². The van der Waals surface area contributed by atoms with Gasteiger partial charge in [0, 0.05) is 146 Å². The zero-order valence-electron chi connectivity index (χ0n) is 59.0. The number of carbonyl (C=O) groups is 11. The van der Waals surface area contributed by atoms with Crippen LogP contribution in [0.15, 0.2) is 23.3 Å². The maximum absolute atomic E-state index is 13.5. The Morgan fingerprint density at radius 1 is 0.465 bits per heavy atom. The highest BCUT2D eigenvalue weighted by Crippen LogP contribution is 2.33. The van der Waals surface area contributed by atoms with Crippen LogP contribution in [0, 0.1) is 11.8 Å². The van der Waals surface area contributed by atoms with Gasteiger partial charge in [-0.25, -0.2) is 0 Å². The predicted octanol–water partition coefficient (Wildman–Crippen LogP) is 3.91. The van der Waals surface area contributed by atoms with E-state index < -0.39 is 72.8 Å². The lowest BCUT2D eigenvalue weighted by atomic mass is 9.87. The van der Waals surface area contributed by atoms with Crippen molar-refractivity contribution in [2.24, 2.45) is 17.0 Å². The van der Waals surface area contributed by atoms with Gasteiger partial charge in [-0.15, -0.1) is 0 Å². The largest absolute Gasteiger partial charge is 0.492 e. The van der Waals surface area contributed by atoms with Crippen LogP contribution in [0.5, 0.6) is 5.75 Å². The third kappa shape index (κ3) is 37.0. The summed E-state index contributed by atoms with van der Waals surface area (Å²) in [5.74, 6) is -4.10. The van der Waals surface area contributed by atoms with Gasteiger partial charge in [-0.1, -0.05) is 32.8 Å². The Kier molecular flexibility index (Phi) is 44.1. The van der Waals surface area contributed by atoms with E-state index in [1.165, 1.54) is 45.9 Å². The molecule has 0 saturated carbocycles. The molecular formula is C67H108N10O22. The SMILES string of the molecule is CCC1OC(OCCCCC(=O)NCCCC(=O)CCNC(=O)c2cc(OCCNC(=O)CCOCCOCCOCCOCCN=[N+]=[N-])cc(C(=O)NCCC(=O)CCCNC(=O)CCCCOC3OC(CC)C(OC(C)=O)C(C)C3NC(C)=O)c2)C(NC(C)=O)C(C)C1OC(C)=O. The van der Waals surface area contributed by atoms with E-state index in [0.29, 0.717) is 91.0 Å². The second kappa shape index (κ2) is 50.8. The minimum absolute atomic E-state index is 0.00563. The summed E-state index contributed by atoms with van der Waals surface area (Å²) >= 11 is 0. The molecule has 32 nitrogen and oxygen atoms in total. The number of nitrogens with one attached hydrogen (secondary N) is 7. The van der Waals surface area contributed by atoms with Gasteiger partial charge in [0.1, 0.15) is 36.1 Å². The van der Waals surface area contributed by atoms with Crippen LogP contribution >= 0.6 is 0 Å². The lowest BCUT2D eigenvalue weighted by molar-refractivity contribution is -0.256. The lowest BCUT2D eigenvalue weighted by Gasteiger charge is -2.44. The van der Waals surface area contributed by atoms with Gasteiger partial charge in [-0.3, -0.25) is 52.7 Å². The topological polar surface area (TPSA) is 422 Å². The molecule has 32 heteroatoms. The van der Waals surface area contributed by atoms with Crippen LogP contribution in [0.25, 0.3) is 10.4 Å². The molecule has 7 amide bonds. The number of Topliss-reactive ketones (excluding diaryl/α,β-unsaturated/α-hetero) is 2. The number of amides is 7. The number of ketones is 2. The van der Waals surface area contributed by atoms with Crippen LogP contribution in [0.3, 0.4) is 0 Å². The molecule has 2 aliphatic rings. The Morgan fingerprint density at radius 3 is 1.29 bits per heavy atom. The number of ether oxygens (including phenoxy) is 11. The van der Waals surface area contributed by atoms with E-state index in [1.54, 1.807) is 0 Å². The highest BCUT2D eigenvalue weighted by Gasteiger charge is 2.47. The summed E-state index contributed by atoms with van der Waals surface area (Å²) in [7, 11) is 0. The van der Waals surface area contributed by atoms with Crippen molar-refractivity contribution in [2.75, 3.05) is 112 Å². The number of rotatable bonds is 53. The van der Waals surface area contributed by atoms with E-state index in [9.17, 15) is 52.7 Å². The Balaban J connectivity index is 1.42. The summed E-state index contributed by atoms with van der Waals surface area (Å²) in [5, 5.41) is 22.9. The number of hydrogen-bond acceptors (Lipinski definition) is 23. The minimum Gasteiger partial charge on any atom is -0.492 e. The molecule has 0 aliphatic carbocycles. The highest BCUT2D eigenvalue weighted by atomic mass is 16.7. The number of hydrogen-bond donors (Lipinski definition) is 7. The fourth-order valence-corrected chi connectivity index (χ4v) is 10.7. The summed E-state index contributed by atoms with van der Waals surface area (Å²) in [6, 6.07) is 3.07. The quantitative estimate of drug-likeness (QED) is 0.0160. The molecule has 10 atom stereocenters. The smallest absolute Gasteiger partial charge is 0.303 e. The molecule has 99 heavy (non-hydrogen) atoms. The van der Waals surface area contributed by atoms with E-state index >= 15 is 0 Å². The predicted molar refractivity (Wildman–Crippen MR) is 357 cm³/mol. The third-order valence-electron chi connectivity index (χ3n) is 15.8. The van der Waals surface area contributed by atoms with Crippen LogP contribution < -0.4 is 42.0 Å². The zero-order valence-corrected chi connectivity index (χ0v) is 59.0.